The summed E-state index contributed by atoms with van der Waals surface area (Å²) in [5, 5.41) is 18.8. The van der Waals surface area contributed by atoms with Gasteiger partial charge in [0.05, 0.1) is 13.7 Å². The van der Waals surface area contributed by atoms with E-state index in [2.05, 4.69) is 4.74 Å². The number of likely N-dealkylation sites (tertiary alicyclic amines) is 1. The van der Waals surface area contributed by atoms with Gasteiger partial charge in [-0.15, -0.1) is 11.3 Å². The summed E-state index contributed by atoms with van der Waals surface area (Å²) < 4.78 is 31.5. The van der Waals surface area contributed by atoms with Crippen LogP contribution >= 0.6 is 11.3 Å². The summed E-state index contributed by atoms with van der Waals surface area (Å²) in [5.41, 5.74) is 0. The van der Waals surface area contributed by atoms with Gasteiger partial charge in [-0.1, -0.05) is 0 Å². The zero-order chi connectivity index (χ0) is 16.3. The number of carbonyl (C=O) groups is 1. The predicted octanol–water partition coefficient (Wildman–Crippen LogP) is 1.49. The molecule has 1 aliphatic rings. The van der Waals surface area contributed by atoms with Crippen molar-refractivity contribution in [3.63, 3.8) is 0 Å². The lowest BCUT2D eigenvalue weighted by molar-refractivity contribution is -0.133. The summed E-state index contributed by atoms with van der Waals surface area (Å²) in [4.78, 5) is 14.0. The van der Waals surface area contributed by atoms with Crippen molar-refractivity contribution >= 4 is 17.3 Å². The quantitative estimate of drug-likeness (QED) is 0.771. The van der Waals surface area contributed by atoms with E-state index in [0.29, 0.717) is 17.7 Å². The monoisotopic (exact) mass is 335 g/mol. The van der Waals surface area contributed by atoms with Crippen molar-refractivity contribution in [1.29, 1.82) is 0 Å². The molecule has 0 radical (unpaired) electrons. The Morgan fingerprint density at radius 2 is 2.27 bits per heavy atom. The lowest BCUT2D eigenvalue weighted by Crippen LogP contribution is -2.42. The molecule has 1 fully saturated rings. The summed E-state index contributed by atoms with van der Waals surface area (Å²) in [6.07, 6.45) is -1.23. The average molecular weight is 335 g/mol. The molecule has 0 saturated carbocycles. The van der Waals surface area contributed by atoms with Gasteiger partial charge in [-0.2, -0.15) is 0 Å². The number of aliphatic hydroxyl groups is 2. The number of alkyl halides is 2. The number of halogens is 2. The highest BCUT2D eigenvalue weighted by molar-refractivity contribution is 7.13. The van der Waals surface area contributed by atoms with Crippen molar-refractivity contribution in [3.05, 3.63) is 21.9 Å². The molecule has 2 rings (SSSR count). The van der Waals surface area contributed by atoms with Crippen LogP contribution in [0, 0.1) is 0 Å². The van der Waals surface area contributed by atoms with E-state index < -0.39 is 37.2 Å². The lowest BCUT2D eigenvalue weighted by Gasteiger charge is -2.26. The molecule has 2 heterocycles. The fourth-order valence-electron chi connectivity index (χ4n) is 2.61. The van der Waals surface area contributed by atoms with Gasteiger partial charge in [0.25, 0.3) is 5.92 Å². The fourth-order valence-corrected chi connectivity index (χ4v) is 3.58. The first-order valence-corrected chi connectivity index (χ1v) is 7.80. The molecule has 0 amide bonds. The van der Waals surface area contributed by atoms with E-state index in [9.17, 15) is 18.7 Å². The lowest BCUT2D eigenvalue weighted by atomic mass is 10.2. The highest BCUT2D eigenvalue weighted by atomic mass is 32.1. The van der Waals surface area contributed by atoms with Crippen molar-refractivity contribution in [1.82, 2.24) is 4.90 Å². The number of rotatable bonds is 6. The molecule has 8 heteroatoms. The van der Waals surface area contributed by atoms with Gasteiger partial charge in [-0.3, -0.25) is 4.90 Å². The molecular formula is C14H19F2NO4S. The van der Waals surface area contributed by atoms with Crippen molar-refractivity contribution in [2.75, 3.05) is 20.3 Å². The number of nitrogens with zero attached hydrogens (tertiary/aromatic N) is 1. The molecule has 2 N–H and O–H groups in total. The van der Waals surface area contributed by atoms with E-state index in [4.69, 9.17) is 5.11 Å². The summed E-state index contributed by atoms with van der Waals surface area (Å²) >= 11 is 1.30. The molecule has 0 spiro atoms. The Balaban J connectivity index is 1.88. The number of hydrogen-bond acceptors (Lipinski definition) is 6. The number of methoxy groups -OCH3 is 1. The summed E-state index contributed by atoms with van der Waals surface area (Å²) in [6, 6.07) is 2.75. The third-order valence-corrected chi connectivity index (χ3v) is 4.89. The highest BCUT2D eigenvalue weighted by Crippen LogP contribution is 2.36. The summed E-state index contributed by atoms with van der Waals surface area (Å²) in [7, 11) is 1.31. The van der Waals surface area contributed by atoms with E-state index in [1.807, 2.05) is 0 Å². The predicted molar refractivity (Wildman–Crippen MR) is 77.1 cm³/mol. The summed E-state index contributed by atoms with van der Waals surface area (Å²) in [5.74, 6) is -3.58. The number of carbonyl (C=O) groups excluding carboxylic acids is 1. The molecule has 1 aliphatic heterocycles. The zero-order valence-electron chi connectivity index (χ0n) is 12.2. The maximum absolute atomic E-state index is 13.5. The first-order chi connectivity index (χ1) is 10.4. The SMILES string of the molecule is COC(=O)c1ccc(CCCN2C(O)C(F)(F)C[C@@H]2CO)s1. The largest absolute Gasteiger partial charge is 0.465 e. The Hall–Kier alpha value is -1.09. The van der Waals surface area contributed by atoms with E-state index >= 15 is 0 Å². The van der Waals surface area contributed by atoms with Crippen molar-refractivity contribution < 1.29 is 28.5 Å². The molecule has 124 valence electrons. The molecule has 1 aromatic rings. The third kappa shape index (κ3) is 3.62. The van der Waals surface area contributed by atoms with Crippen LogP contribution in [0.1, 0.15) is 27.4 Å². The molecule has 1 unspecified atom stereocenters. The van der Waals surface area contributed by atoms with Crippen LogP contribution in [0.4, 0.5) is 8.78 Å². The molecule has 1 aromatic heterocycles. The van der Waals surface area contributed by atoms with Crippen LogP contribution < -0.4 is 0 Å². The van der Waals surface area contributed by atoms with Crippen LogP contribution in [0.15, 0.2) is 12.1 Å². The Kier molecular flexibility index (Phi) is 5.49. The summed E-state index contributed by atoms with van der Waals surface area (Å²) in [6.45, 7) is -0.147. The van der Waals surface area contributed by atoms with Gasteiger partial charge in [0.15, 0.2) is 6.23 Å². The van der Waals surface area contributed by atoms with E-state index in [-0.39, 0.29) is 6.54 Å². The topological polar surface area (TPSA) is 70.0 Å². The molecular weight excluding hydrogens is 316 g/mol. The molecule has 22 heavy (non-hydrogen) atoms. The molecule has 1 saturated heterocycles. The molecule has 0 bridgehead atoms. The maximum atomic E-state index is 13.5. The van der Waals surface area contributed by atoms with E-state index in [0.717, 1.165) is 4.88 Å². The number of aryl methyl sites for hydroxylation is 1. The smallest absolute Gasteiger partial charge is 0.348 e. The van der Waals surface area contributed by atoms with Crippen LogP contribution in [-0.4, -0.2) is 59.5 Å². The van der Waals surface area contributed by atoms with Crippen LogP contribution in [0.25, 0.3) is 0 Å². The van der Waals surface area contributed by atoms with Crippen molar-refractivity contribution in [2.24, 2.45) is 0 Å². The second-order valence-electron chi connectivity index (χ2n) is 5.27. The molecule has 5 nitrogen and oxygen atoms in total. The standard InChI is InChI=1S/C14H19F2NO4S/c1-21-12(19)11-5-4-10(22-11)3-2-6-17-9(8-18)7-14(15,16)13(17)20/h4-5,9,13,18,20H,2-3,6-8H2,1H3/t9-,13?/m1/s1. The minimum atomic E-state index is -3.19. The van der Waals surface area contributed by atoms with Gasteiger partial charge < -0.3 is 14.9 Å². The van der Waals surface area contributed by atoms with Crippen LogP contribution in [-0.2, 0) is 11.2 Å². The normalized spacial score (nSPS) is 24.6. The van der Waals surface area contributed by atoms with Crippen LogP contribution in [0.3, 0.4) is 0 Å². The fraction of sp³-hybridized carbons (Fsp3) is 0.643. The van der Waals surface area contributed by atoms with Gasteiger partial charge in [0.2, 0.25) is 0 Å². The average Bonchev–Trinajstić information content (AvgIpc) is 3.04. The minimum Gasteiger partial charge on any atom is -0.465 e. The highest BCUT2D eigenvalue weighted by Gasteiger charge is 2.52. The van der Waals surface area contributed by atoms with Gasteiger partial charge in [-0.25, -0.2) is 13.6 Å². The minimum absolute atomic E-state index is 0.257. The van der Waals surface area contributed by atoms with Gasteiger partial charge in [0.1, 0.15) is 4.88 Å². The third-order valence-electron chi connectivity index (χ3n) is 3.77. The Labute approximate surface area is 131 Å². The number of esters is 1. The van der Waals surface area contributed by atoms with Gasteiger partial charge in [0, 0.05) is 23.9 Å². The number of hydrogen-bond donors (Lipinski definition) is 2. The molecule has 0 aromatic carbocycles. The van der Waals surface area contributed by atoms with E-state index in [1.54, 1.807) is 12.1 Å². The van der Waals surface area contributed by atoms with Crippen molar-refractivity contribution in [3.8, 4) is 0 Å². The first kappa shape index (κ1) is 17.3. The Morgan fingerprint density at radius 1 is 1.55 bits per heavy atom. The Bertz CT molecular complexity index is 523. The van der Waals surface area contributed by atoms with Crippen LogP contribution in [0.2, 0.25) is 0 Å². The molecule has 2 atom stereocenters. The first-order valence-electron chi connectivity index (χ1n) is 6.98. The maximum Gasteiger partial charge on any atom is 0.348 e. The second-order valence-corrected chi connectivity index (χ2v) is 6.44. The number of ether oxygens (including phenoxy) is 1. The van der Waals surface area contributed by atoms with Crippen molar-refractivity contribution in [2.45, 2.75) is 37.5 Å². The second kappa shape index (κ2) is 6.99. The van der Waals surface area contributed by atoms with Gasteiger partial charge >= 0.3 is 5.97 Å². The Morgan fingerprint density at radius 3 is 2.91 bits per heavy atom. The zero-order valence-corrected chi connectivity index (χ0v) is 13.0. The van der Waals surface area contributed by atoms with E-state index in [1.165, 1.54) is 23.3 Å². The number of aliphatic hydroxyl groups excluding tert-OH is 2. The van der Waals surface area contributed by atoms with Crippen LogP contribution in [0.5, 0.6) is 0 Å². The molecule has 0 aliphatic carbocycles. The number of thiophene rings is 1. The van der Waals surface area contributed by atoms with Gasteiger partial charge in [-0.05, 0) is 25.0 Å².